The van der Waals surface area contributed by atoms with E-state index in [1.54, 1.807) is 6.08 Å². The number of carbonyl (C=O) groups excluding carboxylic acids is 1. The molecule has 0 N–H and O–H groups in total. The Morgan fingerprint density at radius 2 is 1.35 bits per heavy atom. The van der Waals surface area contributed by atoms with Gasteiger partial charge < -0.3 is 0 Å². The molecule has 2 rings (SSSR count). The Hall–Kier alpha value is -2.18. The number of benzene rings is 2. The summed E-state index contributed by atoms with van der Waals surface area (Å²) in [5.74, 6) is 1.04. The van der Waals surface area contributed by atoms with Gasteiger partial charge in [-0.1, -0.05) is 60.7 Å². The van der Waals surface area contributed by atoms with Crippen molar-refractivity contribution in [2.24, 2.45) is 4.99 Å². The summed E-state index contributed by atoms with van der Waals surface area (Å²) in [6, 6.07) is 19.9. The standard InChI is InChI=1S/C15H12NO/c17-12-16-11-15(13-7-3-1-4-8-13)14-9-5-2-6-10-14/h1-10H,11H2. The average molecular weight is 222 g/mol. The number of hydrogen-bond donors (Lipinski definition) is 0. The summed E-state index contributed by atoms with van der Waals surface area (Å²) >= 11 is 0. The topological polar surface area (TPSA) is 29.4 Å². The Morgan fingerprint density at radius 1 is 0.882 bits per heavy atom. The molecular weight excluding hydrogens is 210 g/mol. The van der Waals surface area contributed by atoms with Crippen molar-refractivity contribution in [2.45, 2.75) is 0 Å². The number of nitrogens with zero attached hydrogens (tertiary/aromatic N) is 1. The van der Waals surface area contributed by atoms with Gasteiger partial charge in [-0.15, -0.1) is 0 Å². The molecule has 2 nitrogen and oxygen atoms in total. The van der Waals surface area contributed by atoms with Crippen molar-refractivity contribution in [1.29, 1.82) is 0 Å². The van der Waals surface area contributed by atoms with Gasteiger partial charge in [0.2, 0.25) is 6.08 Å². The van der Waals surface area contributed by atoms with Crippen molar-refractivity contribution >= 4 is 6.08 Å². The predicted molar refractivity (Wildman–Crippen MR) is 67.3 cm³/mol. The minimum absolute atomic E-state index is 0.359. The van der Waals surface area contributed by atoms with Gasteiger partial charge in [0.25, 0.3) is 0 Å². The van der Waals surface area contributed by atoms with E-state index in [4.69, 9.17) is 0 Å². The van der Waals surface area contributed by atoms with Crippen LogP contribution in [0.3, 0.4) is 0 Å². The smallest absolute Gasteiger partial charge is 0.211 e. The Kier molecular flexibility index (Phi) is 3.85. The molecule has 0 aliphatic rings. The molecule has 2 aromatic carbocycles. The fraction of sp³-hybridized carbons (Fsp3) is 0.0667. The fourth-order valence-corrected chi connectivity index (χ4v) is 1.74. The van der Waals surface area contributed by atoms with Gasteiger partial charge >= 0.3 is 0 Å². The molecule has 0 saturated carbocycles. The number of hydrogen-bond acceptors (Lipinski definition) is 2. The van der Waals surface area contributed by atoms with Gasteiger partial charge in [0.1, 0.15) is 0 Å². The van der Waals surface area contributed by atoms with Crippen LogP contribution in [0.5, 0.6) is 0 Å². The highest BCUT2D eigenvalue weighted by Gasteiger charge is 2.13. The van der Waals surface area contributed by atoms with Crippen molar-refractivity contribution in [1.82, 2.24) is 0 Å². The van der Waals surface area contributed by atoms with E-state index in [9.17, 15) is 4.79 Å². The van der Waals surface area contributed by atoms with Gasteiger partial charge in [0.05, 0.1) is 12.5 Å². The number of rotatable bonds is 4. The van der Waals surface area contributed by atoms with Crippen LogP contribution in [0, 0.1) is 5.92 Å². The third kappa shape index (κ3) is 2.90. The molecule has 0 saturated heterocycles. The van der Waals surface area contributed by atoms with Crippen LogP contribution in [0.2, 0.25) is 0 Å². The number of isocyanates is 1. The molecule has 17 heavy (non-hydrogen) atoms. The summed E-state index contributed by atoms with van der Waals surface area (Å²) in [6.45, 7) is 0.359. The van der Waals surface area contributed by atoms with Crippen molar-refractivity contribution in [3.8, 4) is 0 Å². The molecule has 0 aliphatic heterocycles. The highest BCUT2D eigenvalue weighted by Crippen LogP contribution is 2.23. The minimum atomic E-state index is 0.359. The first-order valence-corrected chi connectivity index (χ1v) is 5.42. The zero-order valence-corrected chi connectivity index (χ0v) is 9.34. The third-order valence-electron chi connectivity index (χ3n) is 2.55. The normalized spacial score (nSPS) is 9.94. The summed E-state index contributed by atoms with van der Waals surface area (Å²) in [4.78, 5) is 13.9. The third-order valence-corrected chi connectivity index (χ3v) is 2.55. The van der Waals surface area contributed by atoms with Crippen LogP contribution in [-0.2, 0) is 4.79 Å². The van der Waals surface area contributed by atoms with E-state index in [1.165, 1.54) is 0 Å². The Balaban J connectivity index is 2.35. The molecule has 0 atom stereocenters. The lowest BCUT2D eigenvalue weighted by Crippen LogP contribution is -2.05. The van der Waals surface area contributed by atoms with Crippen molar-refractivity contribution < 1.29 is 4.79 Å². The van der Waals surface area contributed by atoms with Crippen LogP contribution >= 0.6 is 0 Å². The summed E-state index contributed by atoms with van der Waals surface area (Å²) in [5.41, 5.74) is 2.16. The monoisotopic (exact) mass is 222 g/mol. The molecule has 0 fully saturated rings. The molecule has 0 aliphatic carbocycles. The molecule has 2 heteroatoms. The fourth-order valence-electron chi connectivity index (χ4n) is 1.74. The lowest BCUT2D eigenvalue weighted by atomic mass is 9.91. The van der Waals surface area contributed by atoms with Gasteiger partial charge in [0, 0.05) is 0 Å². The molecule has 0 amide bonds. The highest BCUT2D eigenvalue weighted by molar-refractivity contribution is 5.47. The van der Waals surface area contributed by atoms with Gasteiger partial charge in [-0.25, -0.2) is 9.79 Å². The maximum absolute atomic E-state index is 10.3. The van der Waals surface area contributed by atoms with E-state index < -0.39 is 0 Å². The van der Waals surface area contributed by atoms with Crippen LogP contribution < -0.4 is 0 Å². The second-order valence-electron chi connectivity index (χ2n) is 3.62. The van der Waals surface area contributed by atoms with Crippen molar-refractivity contribution in [3.63, 3.8) is 0 Å². The van der Waals surface area contributed by atoms with Gasteiger partial charge in [0.15, 0.2) is 0 Å². The van der Waals surface area contributed by atoms with E-state index in [0.717, 1.165) is 17.0 Å². The van der Waals surface area contributed by atoms with E-state index in [1.807, 2.05) is 60.7 Å². The maximum Gasteiger partial charge on any atom is 0.234 e. The zero-order chi connectivity index (χ0) is 11.9. The van der Waals surface area contributed by atoms with Gasteiger partial charge in [-0.2, -0.15) is 0 Å². The van der Waals surface area contributed by atoms with Crippen molar-refractivity contribution in [3.05, 3.63) is 77.7 Å². The zero-order valence-electron chi connectivity index (χ0n) is 9.34. The van der Waals surface area contributed by atoms with Crippen LogP contribution in [-0.4, -0.2) is 12.6 Å². The molecule has 0 spiro atoms. The quantitative estimate of drug-likeness (QED) is 0.577. The summed E-state index contributed by atoms with van der Waals surface area (Å²) < 4.78 is 0. The molecule has 0 heterocycles. The lowest BCUT2D eigenvalue weighted by Gasteiger charge is -2.13. The average Bonchev–Trinajstić information content (AvgIpc) is 2.42. The first-order valence-electron chi connectivity index (χ1n) is 5.42. The molecule has 2 aromatic rings. The Labute approximate surface area is 101 Å². The largest absolute Gasteiger partial charge is 0.234 e. The van der Waals surface area contributed by atoms with Gasteiger partial charge in [-0.3, -0.25) is 0 Å². The van der Waals surface area contributed by atoms with E-state index in [-0.39, 0.29) is 0 Å². The molecular formula is C15H12NO. The SMILES string of the molecule is O=C=NC[C](c1ccccc1)c1ccccc1. The van der Waals surface area contributed by atoms with E-state index >= 15 is 0 Å². The highest BCUT2D eigenvalue weighted by atomic mass is 16.1. The minimum Gasteiger partial charge on any atom is -0.211 e. The van der Waals surface area contributed by atoms with Crippen molar-refractivity contribution in [2.75, 3.05) is 6.54 Å². The predicted octanol–water partition coefficient (Wildman–Crippen LogP) is 2.99. The summed E-state index contributed by atoms with van der Waals surface area (Å²) in [5, 5.41) is 0. The molecule has 0 aromatic heterocycles. The Morgan fingerprint density at radius 3 is 1.76 bits per heavy atom. The van der Waals surface area contributed by atoms with Crippen LogP contribution in [0.15, 0.2) is 65.7 Å². The van der Waals surface area contributed by atoms with E-state index in [2.05, 4.69) is 4.99 Å². The first kappa shape index (κ1) is 11.3. The van der Waals surface area contributed by atoms with E-state index in [0.29, 0.717) is 6.54 Å². The molecule has 1 radical (unpaired) electrons. The maximum atomic E-state index is 10.3. The molecule has 0 unspecified atom stereocenters. The summed E-state index contributed by atoms with van der Waals surface area (Å²) in [6.07, 6.45) is 1.59. The second-order valence-corrected chi connectivity index (χ2v) is 3.62. The second kappa shape index (κ2) is 5.78. The van der Waals surface area contributed by atoms with Crippen LogP contribution in [0.25, 0.3) is 0 Å². The molecule has 83 valence electrons. The summed E-state index contributed by atoms with van der Waals surface area (Å²) in [7, 11) is 0. The van der Waals surface area contributed by atoms with Crippen LogP contribution in [0.1, 0.15) is 11.1 Å². The molecule has 0 bridgehead atoms. The Bertz CT molecular complexity index is 461. The van der Waals surface area contributed by atoms with Gasteiger partial charge in [-0.05, 0) is 11.1 Å². The number of aliphatic imine (C=N–C) groups is 1. The first-order chi connectivity index (χ1) is 8.42. The lowest BCUT2D eigenvalue weighted by molar-refractivity contribution is 0.563. The van der Waals surface area contributed by atoms with Crippen LogP contribution in [0.4, 0.5) is 0 Å².